The second-order valence-corrected chi connectivity index (χ2v) is 5.63. The topological polar surface area (TPSA) is 130 Å². The molecule has 0 spiro atoms. The van der Waals surface area contributed by atoms with Crippen molar-refractivity contribution in [3.05, 3.63) is 30.2 Å². The first kappa shape index (κ1) is 14.6. The van der Waals surface area contributed by atoms with Crippen LogP contribution in [0.15, 0.2) is 24.5 Å². The minimum Gasteiger partial charge on any atom is -0.391 e. The Morgan fingerprint density at radius 2 is 2.23 bits per heavy atom. The summed E-state index contributed by atoms with van der Waals surface area (Å²) in [5.41, 5.74) is 7.40. The number of amides is 1. The van der Waals surface area contributed by atoms with Crippen molar-refractivity contribution < 1.29 is 9.90 Å². The van der Waals surface area contributed by atoms with Gasteiger partial charge in [-0.2, -0.15) is 15.3 Å². The van der Waals surface area contributed by atoms with Gasteiger partial charge in [0.05, 0.1) is 29.2 Å². The Balaban J connectivity index is 1.75. The Kier molecular flexibility index (Phi) is 3.63. The van der Waals surface area contributed by atoms with E-state index < -0.39 is 17.7 Å². The summed E-state index contributed by atoms with van der Waals surface area (Å²) in [5, 5.41) is 27.3. The summed E-state index contributed by atoms with van der Waals surface area (Å²) >= 11 is 0. The number of H-pyrrole nitrogens is 1. The van der Waals surface area contributed by atoms with E-state index >= 15 is 0 Å². The van der Waals surface area contributed by atoms with Gasteiger partial charge in [0.25, 0.3) is 0 Å². The van der Waals surface area contributed by atoms with Crippen molar-refractivity contribution >= 4 is 5.91 Å². The van der Waals surface area contributed by atoms with Gasteiger partial charge in [-0.05, 0) is 31.9 Å². The molecule has 8 nitrogen and oxygen atoms in total. The zero-order chi connectivity index (χ0) is 15.7. The standard InChI is InChI=1S/C14H18N6O2/c1-8(21)12(15)13(22)18-14(4-5-14)11-3-2-10(19-20-11)9-6-16-17-7-9/h2-3,6-8,12,21H,4-5,15H2,1H3,(H,16,17)(H,18,22)/t8-,12+/m1/s1. The van der Waals surface area contributed by atoms with E-state index in [-0.39, 0.29) is 5.91 Å². The van der Waals surface area contributed by atoms with Crippen LogP contribution in [0, 0.1) is 0 Å². The lowest BCUT2D eigenvalue weighted by Crippen LogP contribution is -2.50. The van der Waals surface area contributed by atoms with Gasteiger partial charge in [0, 0.05) is 11.8 Å². The van der Waals surface area contributed by atoms with Crippen LogP contribution in [0.25, 0.3) is 11.3 Å². The maximum atomic E-state index is 12.0. The summed E-state index contributed by atoms with van der Waals surface area (Å²) in [6.45, 7) is 1.49. The van der Waals surface area contributed by atoms with E-state index in [9.17, 15) is 9.90 Å². The molecule has 2 aromatic heterocycles. The molecule has 22 heavy (non-hydrogen) atoms. The summed E-state index contributed by atoms with van der Waals surface area (Å²) in [7, 11) is 0. The highest BCUT2D eigenvalue weighted by Gasteiger charge is 2.48. The van der Waals surface area contributed by atoms with Crippen LogP contribution in [-0.4, -0.2) is 43.6 Å². The SMILES string of the molecule is C[C@@H](O)[C@H](N)C(=O)NC1(c2ccc(-c3cn[nH]c3)nn2)CC1. The Morgan fingerprint density at radius 1 is 1.45 bits per heavy atom. The third-order valence-corrected chi connectivity index (χ3v) is 3.88. The Hall–Kier alpha value is -2.32. The third-order valence-electron chi connectivity index (χ3n) is 3.88. The van der Waals surface area contributed by atoms with Crippen molar-refractivity contribution in [3.63, 3.8) is 0 Å². The first-order valence-corrected chi connectivity index (χ1v) is 7.11. The van der Waals surface area contributed by atoms with E-state index in [1.165, 1.54) is 6.92 Å². The zero-order valence-corrected chi connectivity index (χ0v) is 12.2. The van der Waals surface area contributed by atoms with Crippen molar-refractivity contribution in [2.75, 3.05) is 0 Å². The van der Waals surface area contributed by atoms with Gasteiger partial charge in [-0.1, -0.05) is 0 Å². The van der Waals surface area contributed by atoms with Gasteiger partial charge in [-0.3, -0.25) is 9.89 Å². The van der Waals surface area contributed by atoms with Crippen LogP contribution in [0.2, 0.25) is 0 Å². The highest BCUT2D eigenvalue weighted by molar-refractivity contribution is 5.83. The molecule has 2 aromatic rings. The fraction of sp³-hybridized carbons (Fsp3) is 0.429. The summed E-state index contributed by atoms with van der Waals surface area (Å²) in [5.74, 6) is -0.381. The van der Waals surface area contributed by atoms with Crippen LogP contribution in [0.1, 0.15) is 25.5 Å². The van der Waals surface area contributed by atoms with Crippen LogP contribution >= 0.6 is 0 Å². The number of nitrogens with one attached hydrogen (secondary N) is 2. The minimum absolute atomic E-state index is 0.381. The molecule has 1 aliphatic carbocycles. The quantitative estimate of drug-likeness (QED) is 0.599. The van der Waals surface area contributed by atoms with E-state index in [1.54, 1.807) is 12.4 Å². The van der Waals surface area contributed by atoms with Gasteiger partial charge >= 0.3 is 0 Å². The molecule has 0 unspecified atom stereocenters. The molecule has 2 atom stereocenters. The fourth-order valence-corrected chi connectivity index (χ4v) is 2.24. The van der Waals surface area contributed by atoms with Crippen LogP contribution in [0.3, 0.4) is 0 Å². The molecule has 3 rings (SSSR count). The van der Waals surface area contributed by atoms with Crippen LogP contribution in [0.4, 0.5) is 0 Å². The number of nitrogens with zero attached hydrogens (tertiary/aromatic N) is 3. The number of hydrogen-bond donors (Lipinski definition) is 4. The lowest BCUT2D eigenvalue weighted by molar-refractivity contribution is -0.125. The molecule has 0 aromatic carbocycles. The van der Waals surface area contributed by atoms with Crippen molar-refractivity contribution in [2.24, 2.45) is 5.73 Å². The van der Waals surface area contributed by atoms with Crippen molar-refractivity contribution in [2.45, 2.75) is 37.5 Å². The predicted molar refractivity (Wildman–Crippen MR) is 78.3 cm³/mol. The van der Waals surface area contributed by atoms with Crippen LogP contribution < -0.4 is 11.1 Å². The molecule has 116 valence electrons. The number of aliphatic hydroxyl groups excluding tert-OH is 1. The normalized spacial score (nSPS) is 18.5. The summed E-state index contributed by atoms with van der Waals surface area (Å²) < 4.78 is 0. The minimum atomic E-state index is -0.948. The molecule has 1 amide bonds. The van der Waals surface area contributed by atoms with Gasteiger partial charge in [0.2, 0.25) is 5.91 Å². The van der Waals surface area contributed by atoms with E-state index in [2.05, 4.69) is 25.7 Å². The Morgan fingerprint density at radius 3 is 2.73 bits per heavy atom. The largest absolute Gasteiger partial charge is 0.391 e. The predicted octanol–water partition coefficient (Wildman–Crippen LogP) is -0.320. The van der Waals surface area contributed by atoms with Crippen LogP contribution in [-0.2, 0) is 10.3 Å². The summed E-state index contributed by atoms with van der Waals surface area (Å²) in [4.78, 5) is 12.0. The molecule has 0 bridgehead atoms. The third kappa shape index (κ3) is 2.70. The van der Waals surface area contributed by atoms with Gasteiger partial charge in [0.15, 0.2) is 0 Å². The molecule has 5 N–H and O–H groups in total. The van der Waals surface area contributed by atoms with E-state index in [0.717, 1.165) is 18.4 Å². The number of hydrogen-bond acceptors (Lipinski definition) is 6. The molecule has 1 aliphatic rings. The van der Waals surface area contributed by atoms with E-state index in [1.807, 2.05) is 12.1 Å². The molecule has 0 saturated heterocycles. The highest BCUT2D eigenvalue weighted by atomic mass is 16.3. The molecular weight excluding hydrogens is 284 g/mol. The zero-order valence-electron chi connectivity index (χ0n) is 12.2. The monoisotopic (exact) mass is 302 g/mol. The van der Waals surface area contributed by atoms with Crippen molar-refractivity contribution in [1.82, 2.24) is 25.7 Å². The number of rotatable bonds is 5. The second kappa shape index (κ2) is 5.47. The summed E-state index contributed by atoms with van der Waals surface area (Å²) in [6, 6.07) is 2.74. The second-order valence-electron chi connectivity index (χ2n) is 5.63. The maximum absolute atomic E-state index is 12.0. The smallest absolute Gasteiger partial charge is 0.240 e. The van der Waals surface area contributed by atoms with E-state index in [0.29, 0.717) is 11.4 Å². The molecule has 1 saturated carbocycles. The number of nitrogens with two attached hydrogens (primary N) is 1. The van der Waals surface area contributed by atoms with Gasteiger partial charge in [-0.15, -0.1) is 0 Å². The number of carbonyl (C=O) groups is 1. The number of carbonyl (C=O) groups excluding carboxylic acids is 1. The summed E-state index contributed by atoms with van der Waals surface area (Å²) in [6.07, 6.45) is 4.07. The molecule has 0 aliphatic heterocycles. The average Bonchev–Trinajstić information content (AvgIpc) is 3.09. The molecule has 0 radical (unpaired) electrons. The van der Waals surface area contributed by atoms with Gasteiger partial charge in [0.1, 0.15) is 6.04 Å². The number of aliphatic hydroxyl groups is 1. The molecular formula is C14H18N6O2. The maximum Gasteiger partial charge on any atom is 0.240 e. The van der Waals surface area contributed by atoms with Crippen LogP contribution in [0.5, 0.6) is 0 Å². The lowest BCUT2D eigenvalue weighted by atomic mass is 10.1. The molecule has 2 heterocycles. The van der Waals surface area contributed by atoms with Crippen molar-refractivity contribution in [3.8, 4) is 11.3 Å². The number of aromatic nitrogens is 4. The molecule has 8 heteroatoms. The highest BCUT2D eigenvalue weighted by Crippen LogP contribution is 2.44. The first-order valence-electron chi connectivity index (χ1n) is 7.11. The fourth-order valence-electron chi connectivity index (χ4n) is 2.24. The van der Waals surface area contributed by atoms with E-state index in [4.69, 9.17) is 5.73 Å². The van der Waals surface area contributed by atoms with Crippen molar-refractivity contribution in [1.29, 1.82) is 0 Å². The number of aromatic amines is 1. The average molecular weight is 302 g/mol. The Bertz CT molecular complexity index is 648. The Labute approximate surface area is 127 Å². The van der Waals surface area contributed by atoms with Gasteiger partial charge in [-0.25, -0.2) is 0 Å². The first-order chi connectivity index (χ1) is 10.5. The molecule has 1 fully saturated rings. The van der Waals surface area contributed by atoms with Gasteiger partial charge < -0.3 is 16.2 Å². The lowest BCUT2D eigenvalue weighted by Gasteiger charge is -2.21.